The fourth-order valence-corrected chi connectivity index (χ4v) is 2.70. The Morgan fingerprint density at radius 3 is 2.23 bits per heavy atom. The molecule has 0 aromatic heterocycles. The lowest BCUT2D eigenvalue weighted by Crippen LogP contribution is -2.50. The Bertz CT molecular complexity index is 1040. The average molecular weight is 422 g/mol. The van der Waals surface area contributed by atoms with Crippen LogP contribution in [-0.2, 0) is 19.8 Å². The first kappa shape index (κ1) is 22.4. The number of halogens is 2. The highest BCUT2D eigenvalue weighted by atomic mass is 19.1. The normalized spacial score (nSPS) is 12.4. The summed E-state index contributed by atoms with van der Waals surface area (Å²) < 4.78 is 37.1. The van der Waals surface area contributed by atoms with Crippen molar-refractivity contribution in [2.24, 2.45) is 0 Å². The van der Waals surface area contributed by atoms with Crippen LogP contribution >= 0.6 is 0 Å². The molecule has 0 saturated heterocycles. The van der Waals surface area contributed by atoms with Crippen molar-refractivity contribution in [2.45, 2.75) is 12.5 Å². The predicted molar refractivity (Wildman–Crippen MR) is 97.6 cm³/mol. The second-order valence-corrected chi connectivity index (χ2v) is 6.21. The first-order valence-electron chi connectivity index (χ1n) is 8.27. The minimum atomic E-state index is -2.19. The van der Waals surface area contributed by atoms with Gasteiger partial charge in [-0.2, -0.15) is 0 Å². The lowest BCUT2D eigenvalue weighted by Gasteiger charge is -2.29. The Kier molecular flexibility index (Phi) is 6.45. The van der Waals surface area contributed by atoms with Crippen LogP contribution in [0.2, 0.25) is 0 Å². The number of nitrogens with one attached hydrogen (secondary N) is 1. The molecule has 2 aromatic rings. The monoisotopic (exact) mass is 422 g/mol. The highest BCUT2D eigenvalue weighted by molar-refractivity contribution is 6.01. The second-order valence-electron chi connectivity index (χ2n) is 6.21. The number of carbonyl (C=O) groups excluding carboxylic acids is 3. The van der Waals surface area contributed by atoms with Crippen molar-refractivity contribution in [2.75, 3.05) is 14.2 Å². The van der Waals surface area contributed by atoms with E-state index in [-0.39, 0.29) is 5.56 Å². The molecule has 11 heteroatoms. The number of esters is 2. The van der Waals surface area contributed by atoms with Gasteiger partial charge in [0, 0.05) is 23.3 Å². The van der Waals surface area contributed by atoms with Crippen molar-refractivity contribution in [3.63, 3.8) is 0 Å². The molecular weight excluding hydrogens is 406 g/mol. The zero-order chi connectivity index (χ0) is 22.6. The van der Waals surface area contributed by atoms with Gasteiger partial charge in [-0.1, -0.05) is 0 Å². The van der Waals surface area contributed by atoms with Gasteiger partial charge in [-0.25, -0.2) is 18.4 Å². The topological polar surface area (TPSA) is 125 Å². The molecule has 0 radical (unpaired) electrons. The molecule has 0 saturated carbocycles. The van der Waals surface area contributed by atoms with Crippen LogP contribution in [0.1, 0.15) is 33.2 Å². The molecule has 0 spiro atoms. The molecule has 30 heavy (non-hydrogen) atoms. The molecule has 0 heterocycles. The number of nitro benzene ring substituents is 1. The highest BCUT2D eigenvalue weighted by Crippen LogP contribution is 2.27. The molecule has 0 fully saturated rings. The van der Waals surface area contributed by atoms with Gasteiger partial charge in [-0.05, 0) is 31.2 Å². The smallest absolute Gasteiger partial charge is 0.338 e. The third-order valence-corrected chi connectivity index (χ3v) is 4.24. The Hall–Kier alpha value is -3.89. The van der Waals surface area contributed by atoms with Crippen LogP contribution in [0, 0.1) is 21.7 Å². The van der Waals surface area contributed by atoms with Crippen molar-refractivity contribution in [3.05, 3.63) is 74.8 Å². The lowest BCUT2D eigenvalue weighted by atomic mass is 9.90. The minimum absolute atomic E-state index is 0.298. The van der Waals surface area contributed by atoms with Gasteiger partial charge >= 0.3 is 11.9 Å². The van der Waals surface area contributed by atoms with Crippen molar-refractivity contribution >= 4 is 23.5 Å². The molecule has 9 nitrogen and oxygen atoms in total. The second kappa shape index (κ2) is 8.64. The summed E-state index contributed by atoms with van der Waals surface area (Å²) in [6, 6.07) is 5.03. The van der Waals surface area contributed by atoms with Gasteiger partial charge in [-0.3, -0.25) is 14.9 Å². The number of non-ortho nitro benzene ring substituents is 1. The van der Waals surface area contributed by atoms with E-state index in [0.717, 1.165) is 51.5 Å². The SMILES string of the molecule is COC(=O)c1cc(C(=O)NC(C)(C(=O)OC)c2cc(F)ccc2F)cc([N+](=O)[O-])c1. The van der Waals surface area contributed by atoms with Gasteiger partial charge in [0.2, 0.25) is 0 Å². The predicted octanol–water partition coefficient (Wildman–Crippen LogP) is 2.48. The molecule has 1 amide bonds. The molecule has 1 unspecified atom stereocenters. The maximum atomic E-state index is 14.3. The summed E-state index contributed by atoms with van der Waals surface area (Å²) in [5.74, 6) is -5.03. The number of nitrogens with zero attached hydrogens (tertiary/aromatic N) is 1. The van der Waals surface area contributed by atoms with E-state index in [4.69, 9.17) is 0 Å². The third-order valence-electron chi connectivity index (χ3n) is 4.24. The van der Waals surface area contributed by atoms with Crippen LogP contribution < -0.4 is 5.32 Å². The van der Waals surface area contributed by atoms with Gasteiger partial charge in [0.25, 0.3) is 11.6 Å². The van der Waals surface area contributed by atoms with Crippen molar-refractivity contribution < 1.29 is 37.6 Å². The molecule has 2 aromatic carbocycles. The molecule has 0 bridgehead atoms. The van der Waals surface area contributed by atoms with Crippen LogP contribution in [0.3, 0.4) is 0 Å². The van der Waals surface area contributed by atoms with Crippen LogP contribution in [-0.4, -0.2) is 37.0 Å². The Morgan fingerprint density at radius 1 is 1.03 bits per heavy atom. The van der Waals surface area contributed by atoms with Crippen LogP contribution in [0.15, 0.2) is 36.4 Å². The standard InChI is InChI=1S/C19H16F2N2O7/c1-19(18(26)30-3,14-9-12(20)4-5-15(14)21)22-16(24)10-6-11(17(25)29-2)8-13(7-10)23(27)28/h4-9H,1-3H3,(H,22,24). The van der Waals surface area contributed by atoms with E-state index < -0.39 is 56.8 Å². The average Bonchev–Trinajstić information content (AvgIpc) is 2.73. The number of hydrogen-bond acceptors (Lipinski definition) is 7. The van der Waals surface area contributed by atoms with Crippen molar-refractivity contribution in [1.82, 2.24) is 5.32 Å². The molecule has 1 N–H and O–H groups in total. The minimum Gasteiger partial charge on any atom is -0.467 e. The molecular formula is C19H16F2N2O7. The van der Waals surface area contributed by atoms with E-state index in [9.17, 15) is 33.3 Å². The quantitative estimate of drug-likeness (QED) is 0.431. The van der Waals surface area contributed by atoms with E-state index in [1.165, 1.54) is 0 Å². The zero-order valence-electron chi connectivity index (χ0n) is 16.0. The van der Waals surface area contributed by atoms with E-state index in [2.05, 4.69) is 14.8 Å². The van der Waals surface area contributed by atoms with Gasteiger partial charge in [0.1, 0.15) is 11.6 Å². The summed E-state index contributed by atoms with van der Waals surface area (Å²) in [5.41, 5.74) is -4.00. The van der Waals surface area contributed by atoms with Crippen LogP contribution in [0.25, 0.3) is 0 Å². The Morgan fingerprint density at radius 2 is 1.67 bits per heavy atom. The summed E-state index contributed by atoms with van der Waals surface area (Å²) in [4.78, 5) is 47.2. The summed E-state index contributed by atoms with van der Waals surface area (Å²) in [7, 11) is 2.02. The fourth-order valence-electron chi connectivity index (χ4n) is 2.70. The van der Waals surface area contributed by atoms with Gasteiger partial charge < -0.3 is 14.8 Å². The number of carbonyl (C=O) groups is 3. The van der Waals surface area contributed by atoms with Crippen LogP contribution in [0.4, 0.5) is 14.5 Å². The van der Waals surface area contributed by atoms with Gasteiger partial charge in [-0.15, -0.1) is 0 Å². The maximum absolute atomic E-state index is 14.3. The first-order chi connectivity index (χ1) is 14.0. The number of rotatable bonds is 6. The molecule has 0 aliphatic carbocycles. The summed E-state index contributed by atoms with van der Waals surface area (Å²) in [6.45, 7) is 1.08. The molecule has 0 aliphatic rings. The fraction of sp³-hybridized carbons (Fsp3) is 0.211. The molecule has 158 valence electrons. The number of nitro groups is 1. The molecule has 1 atom stereocenters. The molecule has 2 rings (SSSR count). The Labute approximate surface area is 168 Å². The first-order valence-corrected chi connectivity index (χ1v) is 8.27. The van der Waals surface area contributed by atoms with Crippen molar-refractivity contribution in [1.29, 1.82) is 0 Å². The number of amides is 1. The van der Waals surface area contributed by atoms with Crippen molar-refractivity contribution in [3.8, 4) is 0 Å². The number of benzene rings is 2. The van der Waals surface area contributed by atoms with E-state index in [1.807, 2.05) is 0 Å². The number of ether oxygens (including phenoxy) is 2. The van der Waals surface area contributed by atoms with Crippen LogP contribution in [0.5, 0.6) is 0 Å². The highest BCUT2D eigenvalue weighted by Gasteiger charge is 2.41. The summed E-state index contributed by atoms with van der Waals surface area (Å²) in [6.07, 6.45) is 0. The summed E-state index contributed by atoms with van der Waals surface area (Å²) >= 11 is 0. The lowest BCUT2D eigenvalue weighted by molar-refractivity contribution is -0.384. The summed E-state index contributed by atoms with van der Waals surface area (Å²) in [5, 5.41) is 13.3. The van der Waals surface area contributed by atoms with E-state index >= 15 is 0 Å². The maximum Gasteiger partial charge on any atom is 0.338 e. The molecule has 0 aliphatic heterocycles. The largest absolute Gasteiger partial charge is 0.467 e. The number of methoxy groups -OCH3 is 2. The van der Waals surface area contributed by atoms with Gasteiger partial charge in [0.05, 0.1) is 24.7 Å². The zero-order valence-corrected chi connectivity index (χ0v) is 16.0. The third kappa shape index (κ3) is 4.40. The Balaban J connectivity index is 2.57. The number of hydrogen-bond donors (Lipinski definition) is 1. The van der Waals surface area contributed by atoms with Gasteiger partial charge in [0.15, 0.2) is 5.54 Å². The van der Waals surface area contributed by atoms with E-state index in [0.29, 0.717) is 6.07 Å². The van der Waals surface area contributed by atoms with E-state index in [1.54, 1.807) is 0 Å².